The van der Waals surface area contributed by atoms with E-state index in [-0.39, 0.29) is 93.2 Å². The molecule has 0 aromatic heterocycles. The Balaban J connectivity index is 1.15. The first-order valence-corrected chi connectivity index (χ1v) is 95.7. The van der Waals surface area contributed by atoms with Gasteiger partial charge in [-0.15, -0.1) is 0 Å². The zero-order valence-corrected chi connectivity index (χ0v) is 115. The van der Waals surface area contributed by atoms with Crippen LogP contribution in [-0.2, 0) is 79.7 Å². The predicted octanol–water partition coefficient (Wildman–Crippen LogP) is 35.8. The van der Waals surface area contributed by atoms with Gasteiger partial charge in [0.05, 0.1) is 29.2 Å². The summed E-state index contributed by atoms with van der Waals surface area (Å²) in [5, 5.41) is 0. The van der Waals surface area contributed by atoms with E-state index in [4.69, 9.17) is 79.7 Å². The molecule has 0 N–H and O–H groups in total. The standard InChI is InChI=1S/C96H180O18S24Si6/c1-19-97-139(98-20-2,99-21-3)85(115-127-133-121-91-49-37-73(67-91)38-50-91)61-79-80(62-86(140(100-22-4,101-23-5)102-24-6)116-128-134-122-92-51-39-74(68-92)40-52-92)82(64-88(142(106-28-10,107-29-11)108-30-12)118-130-136-124-94-55-43-76(70-94)44-56-94)84(66-90(144(112-34-16,113-35-17)114-36-18)120-132-138-126-96-59-47-78(72-96)48-60-96)83(65-89(143(109-31-13,110-32-14)111-33-15)119-131-137-125-95-57-45-77(71-95)46-58-95)81(79)63-87(141(103-25-7,104-26-8)105-27-9)117-129-135-123-93-53-41-75(69-93)42-54-93/h73-90H,19-72H2,1-18H3. The summed E-state index contributed by atoms with van der Waals surface area (Å²) in [7, 11) is 25.8. The predicted molar refractivity (Wildman–Crippen MR) is 673 cm³/mol. The lowest BCUT2D eigenvalue weighted by molar-refractivity contribution is -0.0499. The highest BCUT2D eigenvalue weighted by Gasteiger charge is 2.67. The fraction of sp³-hybridized carbons (Fsp3) is 1.00. The molecular weight excluding hydrogens is 2380 g/mol. The summed E-state index contributed by atoms with van der Waals surface area (Å²) >= 11 is 0. The summed E-state index contributed by atoms with van der Waals surface area (Å²) in [6.45, 7) is 47.1. The lowest BCUT2D eigenvalue weighted by Crippen LogP contribution is -2.63. The van der Waals surface area contributed by atoms with Gasteiger partial charge in [0.2, 0.25) is 0 Å². The van der Waals surface area contributed by atoms with Gasteiger partial charge in [-0.1, -0.05) is 130 Å². The van der Waals surface area contributed by atoms with E-state index in [1.807, 2.05) is 183 Å². The molecule has 0 aromatic rings. The maximum absolute atomic E-state index is 7.77. The van der Waals surface area contributed by atoms with Crippen molar-refractivity contribution in [3.63, 3.8) is 0 Å². The molecule has 18 nitrogen and oxygen atoms in total. The van der Waals surface area contributed by atoms with E-state index in [9.17, 15) is 0 Å². The summed E-state index contributed by atoms with van der Waals surface area (Å²) in [4.78, 5) is -1.71. The topological polar surface area (TPSA) is 166 Å². The molecule has 13 aliphatic rings. The van der Waals surface area contributed by atoms with Gasteiger partial charge in [-0.2, -0.15) is 0 Å². The van der Waals surface area contributed by atoms with Crippen LogP contribution in [0.15, 0.2) is 0 Å². The van der Waals surface area contributed by atoms with Crippen molar-refractivity contribution in [1.82, 2.24) is 0 Å². The number of hydrogen-bond donors (Lipinski definition) is 0. The fourth-order valence-corrected chi connectivity index (χ4v) is 107. The smallest absolute Gasteiger partial charge is 0.373 e. The quantitative estimate of drug-likeness (QED) is 0.0320. The Morgan fingerprint density at radius 1 is 0.167 bits per heavy atom. The molecule has 0 spiro atoms. The number of rotatable bonds is 84. The Kier molecular flexibility index (Phi) is 58.5. The molecule has 6 atom stereocenters. The van der Waals surface area contributed by atoms with Gasteiger partial charge in [0.25, 0.3) is 0 Å². The van der Waals surface area contributed by atoms with E-state index in [2.05, 4.69) is 189 Å². The zero-order chi connectivity index (χ0) is 102. The van der Waals surface area contributed by atoms with Gasteiger partial charge in [-0.25, -0.2) is 0 Å². The van der Waals surface area contributed by atoms with E-state index in [1.165, 1.54) is 193 Å². The summed E-state index contributed by atoms with van der Waals surface area (Å²) < 4.78 is 141. The molecule has 0 heterocycles. The molecular formula is C96H180O18S24Si6. The molecule has 13 saturated carbocycles. The highest BCUT2D eigenvalue weighted by atomic mass is 33.7. The summed E-state index contributed by atoms with van der Waals surface area (Å²) in [5.74, 6) is 3.88. The van der Waals surface area contributed by atoms with E-state index in [1.54, 1.807) is 0 Å². The Hall–Kier alpha value is 8.98. The van der Waals surface area contributed by atoms with Gasteiger partial charge in [0.15, 0.2) is 0 Å². The third kappa shape index (κ3) is 34.2. The van der Waals surface area contributed by atoms with Crippen molar-refractivity contribution in [3.8, 4) is 0 Å². The summed E-state index contributed by atoms with van der Waals surface area (Å²) in [6.07, 6.45) is 43.2. The SMILES string of the molecule is CCO[Si](OCC)(OCC)C(CC1C(CC(SSSSC23CCC(CC2)C3)[Si](OCC)(OCC)OCC)C(CC(SSSSC23CCC(CC2)C3)[Si](OCC)(OCC)OCC)C(CC(SSSSC23CCC(CC2)C3)[Si](OCC)(OCC)OCC)C(CC(SSSSC23CCC(CC2)C3)[Si](OCC)(OCC)OCC)C1CC(SSSSC12CCC(CC1)C2)[Si](OCC)(OCC)OCC)SSSSC12CCC(CC1)C2. The van der Waals surface area contributed by atoms with Gasteiger partial charge in [0.1, 0.15) is 0 Å². The first-order valence-electron chi connectivity index (χ1n) is 55.6. The summed E-state index contributed by atoms with van der Waals surface area (Å²) in [5.41, 5.74) is 0. The van der Waals surface area contributed by atoms with Crippen LogP contribution in [0.1, 0.15) is 356 Å². The zero-order valence-electron chi connectivity index (χ0n) is 89.7. The van der Waals surface area contributed by atoms with Crippen LogP contribution in [0.4, 0.5) is 0 Å². The minimum atomic E-state index is -3.86. The first kappa shape index (κ1) is 130. The van der Waals surface area contributed by atoms with Gasteiger partial charge in [0, 0.05) is 147 Å². The molecule has 0 radical (unpaired) electrons. The molecule has 840 valence electrons. The molecule has 0 aromatic carbocycles. The molecule has 0 aliphatic heterocycles. The molecule has 48 heteroatoms. The second-order valence-electron chi connectivity index (χ2n) is 41.6. The van der Waals surface area contributed by atoms with E-state index in [0.29, 0.717) is 157 Å². The van der Waals surface area contributed by atoms with Crippen molar-refractivity contribution in [1.29, 1.82) is 0 Å². The van der Waals surface area contributed by atoms with Crippen LogP contribution in [0, 0.1) is 71.0 Å². The summed E-state index contributed by atoms with van der Waals surface area (Å²) in [6, 6.07) is 0. The van der Waals surface area contributed by atoms with Crippen LogP contribution in [0.2, 0.25) is 0 Å². The van der Waals surface area contributed by atoms with Crippen LogP contribution in [-0.4, -0.2) is 229 Å². The molecule has 13 fully saturated rings. The number of fused-ring (bicyclic) bond motifs is 12. The lowest BCUT2D eigenvalue weighted by Gasteiger charge is -2.57. The molecule has 0 saturated heterocycles. The highest BCUT2D eigenvalue weighted by molar-refractivity contribution is 9.28. The maximum atomic E-state index is 7.77. The second-order valence-corrected chi connectivity index (χ2v) is 99.2. The maximum Gasteiger partial charge on any atom is 0.515 e. The Morgan fingerprint density at radius 2 is 0.271 bits per heavy atom. The minimum Gasteiger partial charge on any atom is -0.373 e. The van der Waals surface area contributed by atoms with Crippen molar-refractivity contribution in [2.24, 2.45) is 71.0 Å². The van der Waals surface area contributed by atoms with Crippen LogP contribution in [0.3, 0.4) is 0 Å². The van der Waals surface area contributed by atoms with Gasteiger partial charge in [-0.05, 0) is 545 Å². The molecule has 0 amide bonds. The molecule has 144 heavy (non-hydrogen) atoms. The second kappa shape index (κ2) is 64.9. The Bertz CT molecular complexity index is 2900. The first-order chi connectivity index (χ1) is 70.0. The van der Waals surface area contributed by atoms with Gasteiger partial charge >= 0.3 is 52.8 Å². The average Bonchev–Trinajstić information content (AvgIpc) is 0.813. The largest absolute Gasteiger partial charge is 0.515 e. The van der Waals surface area contributed by atoms with Crippen LogP contribution >= 0.6 is 247 Å². The third-order valence-corrected chi connectivity index (χ3v) is 106. The molecule has 12 bridgehead atoms. The van der Waals surface area contributed by atoms with E-state index >= 15 is 0 Å². The Labute approximate surface area is 971 Å². The van der Waals surface area contributed by atoms with Crippen LogP contribution in [0.5, 0.6) is 0 Å². The van der Waals surface area contributed by atoms with Crippen molar-refractivity contribution in [2.75, 3.05) is 119 Å². The number of hydrogen-bond acceptors (Lipinski definition) is 42. The van der Waals surface area contributed by atoms with Crippen molar-refractivity contribution < 1.29 is 79.7 Å². The average molecular weight is 2560 g/mol. The van der Waals surface area contributed by atoms with Crippen molar-refractivity contribution in [2.45, 2.75) is 413 Å². The van der Waals surface area contributed by atoms with Crippen molar-refractivity contribution in [3.05, 3.63) is 0 Å². The molecule has 13 aliphatic carbocycles. The van der Waals surface area contributed by atoms with Gasteiger partial charge in [-0.3, -0.25) is 0 Å². The van der Waals surface area contributed by atoms with Gasteiger partial charge < -0.3 is 79.7 Å². The van der Waals surface area contributed by atoms with E-state index in [0.717, 1.165) is 35.5 Å². The van der Waals surface area contributed by atoms with Crippen LogP contribution in [0.25, 0.3) is 0 Å². The fourth-order valence-electron chi connectivity index (χ4n) is 27.4. The molecule has 6 unspecified atom stereocenters. The monoisotopic (exact) mass is 2560 g/mol. The molecule has 13 rings (SSSR count). The lowest BCUT2D eigenvalue weighted by atomic mass is 9.53. The minimum absolute atomic E-state index is 0.172. The van der Waals surface area contributed by atoms with Crippen molar-refractivity contribution >= 4 is 300 Å². The van der Waals surface area contributed by atoms with Crippen LogP contribution < -0.4 is 0 Å². The Morgan fingerprint density at radius 3 is 0.354 bits per heavy atom. The van der Waals surface area contributed by atoms with E-state index < -0.39 is 52.8 Å². The normalized spacial score (nSPS) is 32.1. The third-order valence-electron chi connectivity index (χ3n) is 33.2. The highest BCUT2D eigenvalue weighted by Crippen LogP contribution is 2.73.